The Morgan fingerprint density at radius 3 is 2.39 bits per heavy atom. The predicted molar refractivity (Wildman–Crippen MR) is 111 cm³/mol. The van der Waals surface area contributed by atoms with Crippen molar-refractivity contribution in [1.29, 1.82) is 0 Å². The van der Waals surface area contributed by atoms with Gasteiger partial charge in [0.15, 0.2) is 0 Å². The highest BCUT2D eigenvalue weighted by Crippen LogP contribution is 2.29. The van der Waals surface area contributed by atoms with E-state index in [0.29, 0.717) is 5.69 Å². The zero-order valence-electron chi connectivity index (χ0n) is 16.3. The lowest BCUT2D eigenvalue weighted by atomic mass is 10.2. The molecule has 1 amide bonds. The van der Waals surface area contributed by atoms with Crippen LogP contribution in [0.3, 0.4) is 0 Å². The monoisotopic (exact) mass is 380 g/mol. The summed E-state index contributed by atoms with van der Waals surface area (Å²) in [5.74, 6) is 0.0437. The smallest absolute Gasteiger partial charge is 0.272 e. The summed E-state index contributed by atoms with van der Waals surface area (Å²) >= 11 is 0. The number of nitrogens with zero attached hydrogens (tertiary/aromatic N) is 3. The molecule has 6 heteroatoms. The van der Waals surface area contributed by atoms with E-state index in [1.807, 2.05) is 23.1 Å². The third kappa shape index (κ3) is 4.44. The van der Waals surface area contributed by atoms with E-state index in [2.05, 4.69) is 33.4 Å². The Bertz CT molecular complexity index is 779. The lowest BCUT2D eigenvalue weighted by Gasteiger charge is -2.30. The number of morpholine rings is 1. The van der Waals surface area contributed by atoms with Crippen LogP contribution in [0, 0.1) is 0 Å². The van der Waals surface area contributed by atoms with E-state index in [1.54, 1.807) is 6.20 Å². The zero-order chi connectivity index (χ0) is 19.2. The molecule has 2 aliphatic heterocycles. The van der Waals surface area contributed by atoms with Gasteiger partial charge in [-0.3, -0.25) is 4.79 Å². The first-order valence-electron chi connectivity index (χ1n) is 10.3. The number of nitrogens with one attached hydrogen (secondary N) is 1. The number of rotatable bonds is 4. The van der Waals surface area contributed by atoms with E-state index in [4.69, 9.17) is 4.74 Å². The standard InChI is InChI=1S/C22H28N4O2/c27-22(26-11-5-1-2-6-12-26)20-10-9-18(17-23-20)24-19-7-3-4-8-21(19)25-13-15-28-16-14-25/h3-4,7-10,17,24H,1-2,5-6,11-16H2. The van der Waals surface area contributed by atoms with Crippen LogP contribution in [-0.2, 0) is 4.74 Å². The minimum atomic E-state index is 0.0437. The number of pyridine rings is 1. The van der Waals surface area contributed by atoms with Gasteiger partial charge >= 0.3 is 0 Å². The van der Waals surface area contributed by atoms with Gasteiger partial charge in [-0.05, 0) is 37.1 Å². The van der Waals surface area contributed by atoms with Gasteiger partial charge in [0.2, 0.25) is 0 Å². The van der Waals surface area contributed by atoms with Crippen molar-refractivity contribution in [3.05, 3.63) is 48.3 Å². The number of para-hydroxylation sites is 2. The predicted octanol–water partition coefficient (Wildman–Crippen LogP) is 3.68. The van der Waals surface area contributed by atoms with Crippen molar-refractivity contribution in [1.82, 2.24) is 9.88 Å². The lowest BCUT2D eigenvalue weighted by molar-refractivity contribution is 0.0756. The molecule has 0 aliphatic carbocycles. The summed E-state index contributed by atoms with van der Waals surface area (Å²) in [6, 6.07) is 12.0. The van der Waals surface area contributed by atoms with Crippen LogP contribution in [0.5, 0.6) is 0 Å². The number of benzene rings is 1. The lowest BCUT2D eigenvalue weighted by Crippen LogP contribution is -2.36. The number of carbonyl (C=O) groups excluding carboxylic acids is 1. The molecule has 1 aromatic carbocycles. The number of aromatic nitrogens is 1. The third-order valence-corrected chi connectivity index (χ3v) is 5.41. The SMILES string of the molecule is O=C(c1ccc(Nc2ccccc2N2CCOCC2)cn1)N1CCCCCC1. The van der Waals surface area contributed by atoms with Crippen LogP contribution >= 0.6 is 0 Å². The fourth-order valence-electron chi connectivity index (χ4n) is 3.84. The van der Waals surface area contributed by atoms with Crippen LogP contribution in [0.4, 0.5) is 17.1 Å². The molecule has 0 atom stereocenters. The number of hydrogen-bond donors (Lipinski definition) is 1. The summed E-state index contributed by atoms with van der Waals surface area (Å²) in [5.41, 5.74) is 3.61. The summed E-state index contributed by atoms with van der Waals surface area (Å²) in [7, 11) is 0. The van der Waals surface area contributed by atoms with Gasteiger partial charge in [0.05, 0.1) is 36.5 Å². The first kappa shape index (κ1) is 18.7. The van der Waals surface area contributed by atoms with E-state index in [-0.39, 0.29) is 5.91 Å². The Hall–Kier alpha value is -2.60. The molecule has 2 aliphatic rings. The topological polar surface area (TPSA) is 57.7 Å². The van der Waals surface area contributed by atoms with E-state index in [9.17, 15) is 4.79 Å². The molecular formula is C22H28N4O2. The van der Waals surface area contributed by atoms with Crippen LogP contribution in [0.25, 0.3) is 0 Å². The normalized spacial score (nSPS) is 17.9. The van der Waals surface area contributed by atoms with E-state index in [0.717, 1.165) is 69.3 Å². The van der Waals surface area contributed by atoms with Crippen molar-refractivity contribution in [2.24, 2.45) is 0 Å². The van der Waals surface area contributed by atoms with E-state index < -0.39 is 0 Å². The molecule has 0 radical (unpaired) electrons. The van der Waals surface area contributed by atoms with Crippen molar-refractivity contribution in [3.63, 3.8) is 0 Å². The van der Waals surface area contributed by atoms with Crippen molar-refractivity contribution in [2.45, 2.75) is 25.7 Å². The number of ether oxygens (including phenoxy) is 1. The van der Waals surface area contributed by atoms with Gasteiger partial charge in [-0.15, -0.1) is 0 Å². The van der Waals surface area contributed by atoms with Gasteiger partial charge in [-0.2, -0.15) is 0 Å². The molecule has 148 valence electrons. The largest absolute Gasteiger partial charge is 0.378 e. The molecular weight excluding hydrogens is 352 g/mol. The Balaban J connectivity index is 1.45. The van der Waals surface area contributed by atoms with Gasteiger partial charge in [0.25, 0.3) is 5.91 Å². The first-order chi connectivity index (χ1) is 13.8. The molecule has 0 saturated carbocycles. The molecule has 2 saturated heterocycles. The molecule has 0 spiro atoms. The van der Waals surface area contributed by atoms with Gasteiger partial charge in [0, 0.05) is 26.2 Å². The third-order valence-electron chi connectivity index (χ3n) is 5.41. The van der Waals surface area contributed by atoms with E-state index >= 15 is 0 Å². The molecule has 1 aromatic heterocycles. The number of anilines is 3. The second-order valence-corrected chi connectivity index (χ2v) is 7.38. The van der Waals surface area contributed by atoms with Crippen molar-refractivity contribution in [3.8, 4) is 0 Å². The molecule has 1 N–H and O–H groups in total. The van der Waals surface area contributed by atoms with Crippen LogP contribution in [0.1, 0.15) is 36.2 Å². The Morgan fingerprint density at radius 1 is 0.929 bits per heavy atom. The highest BCUT2D eigenvalue weighted by Gasteiger charge is 2.19. The summed E-state index contributed by atoms with van der Waals surface area (Å²) in [5, 5.41) is 3.46. The summed E-state index contributed by atoms with van der Waals surface area (Å²) in [4.78, 5) is 21.4. The molecule has 3 heterocycles. The summed E-state index contributed by atoms with van der Waals surface area (Å²) in [6.45, 7) is 4.97. The van der Waals surface area contributed by atoms with Gasteiger partial charge in [0.1, 0.15) is 5.69 Å². The zero-order valence-corrected chi connectivity index (χ0v) is 16.3. The average Bonchev–Trinajstić information content (AvgIpc) is 3.04. The van der Waals surface area contributed by atoms with Crippen LogP contribution in [0.2, 0.25) is 0 Å². The average molecular weight is 380 g/mol. The second-order valence-electron chi connectivity index (χ2n) is 7.38. The van der Waals surface area contributed by atoms with Gasteiger partial charge in [-0.1, -0.05) is 25.0 Å². The van der Waals surface area contributed by atoms with Crippen molar-refractivity contribution >= 4 is 23.0 Å². The highest BCUT2D eigenvalue weighted by molar-refractivity contribution is 5.92. The molecule has 4 rings (SSSR count). The molecule has 0 unspecified atom stereocenters. The number of hydrogen-bond acceptors (Lipinski definition) is 5. The Labute approximate surface area is 166 Å². The van der Waals surface area contributed by atoms with E-state index in [1.165, 1.54) is 12.8 Å². The Morgan fingerprint density at radius 2 is 1.68 bits per heavy atom. The molecule has 0 bridgehead atoms. The number of likely N-dealkylation sites (tertiary alicyclic amines) is 1. The van der Waals surface area contributed by atoms with Crippen molar-refractivity contribution < 1.29 is 9.53 Å². The maximum absolute atomic E-state index is 12.7. The highest BCUT2D eigenvalue weighted by atomic mass is 16.5. The minimum absolute atomic E-state index is 0.0437. The van der Waals surface area contributed by atoms with Gasteiger partial charge < -0.3 is 19.9 Å². The molecule has 6 nitrogen and oxygen atoms in total. The summed E-state index contributed by atoms with van der Waals surface area (Å²) < 4.78 is 5.46. The van der Waals surface area contributed by atoms with Gasteiger partial charge in [-0.25, -0.2) is 4.98 Å². The summed E-state index contributed by atoms with van der Waals surface area (Å²) in [6.07, 6.45) is 6.35. The molecule has 2 aromatic rings. The first-order valence-corrected chi connectivity index (χ1v) is 10.3. The fourth-order valence-corrected chi connectivity index (χ4v) is 3.84. The van der Waals surface area contributed by atoms with Crippen LogP contribution < -0.4 is 10.2 Å². The quantitative estimate of drug-likeness (QED) is 0.877. The second kappa shape index (κ2) is 9.06. The molecule has 28 heavy (non-hydrogen) atoms. The molecule has 2 fully saturated rings. The van der Waals surface area contributed by atoms with Crippen LogP contribution in [0.15, 0.2) is 42.6 Å². The Kier molecular flexibility index (Phi) is 6.07. The number of amides is 1. The maximum Gasteiger partial charge on any atom is 0.272 e. The fraction of sp³-hybridized carbons (Fsp3) is 0.455. The van der Waals surface area contributed by atoms with Crippen molar-refractivity contribution in [2.75, 3.05) is 49.6 Å². The van der Waals surface area contributed by atoms with Crippen LogP contribution in [-0.4, -0.2) is 55.2 Å². The maximum atomic E-state index is 12.7. The number of carbonyl (C=O) groups is 1. The minimum Gasteiger partial charge on any atom is -0.378 e.